The second-order valence-corrected chi connectivity index (χ2v) is 7.25. The average Bonchev–Trinajstić information content (AvgIpc) is 2.81. The van der Waals surface area contributed by atoms with Crippen molar-refractivity contribution in [3.63, 3.8) is 0 Å². The Balaban J connectivity index is 1.93. The lowest BCUT2D eigenvalue weighted by Gasteiger charge is -2.29. The molecule has 0 amide bonds. The van der Waals surface area contributed by atoms with Gasteiger partial charge in [0.15, 0.2) is 9.84 Å². The minimum Gasteiger partial charge on any atom is -0.330 e. The fourth-order valence-electron chi connectivity index (χ4n) is 3.04. The van der Waals surface area contributed by atoms with Gasteiger partial charge in [-0.25, -0.2) is 8.42 Å². The van der Waals surface area contributed by atoms with Gasteiger partial charge >= 0.3 is 0 Å². The number of nitrogens with zero attached hydrogens (tertiary/aromatic N) is 1. The Morgan fingerprint density at radius 2 is 2.12 bits per heavy atom. The van der Waals surface area contributed by atoms with Gasteiger partial charge in [-0.15, -0.1) is 0 Å². The van der Waals surface area contributed by atoms with Crippen LogP contribution in [0.5, 0.6) is 0 Å². The third-order valence-corrected chi connectivity index (χ3v) is 5.59. The first-order chi connectivity index (χ1) is 7.62. The van der Waals surface area contributed by atoms with Crippen LogP contribution in [0.2, 0.25) is 0 Å². The molecule has 16 heavy (non-hydrogen) atoms. The van der Waals surface area contributed by atoms with Gasteiger partial charge < -0.3 is 5.73 Å². The molecule has 2 aliphatic heterocycles. The number of sulfone groups is 1. The zero-order chi connectivity index (χ0) is 11.6. The van der Waals surface area contributed by atoms with Crippen molar-refractivity contribution in [3.8, 4) is 0 Å². The maximum atomic E-state index is 11.5. The lowest BCUT2D eigenvalue weighted by Crippen LogP contribution is -2.40. The smallest absolute Gasteiger partial charge is 0.151 e. The largest absolute Gasteiger partial charge is 0.330 e. The summed E-state index contributed by atoms with van der Waals surface area (Å²) in [7, 11) is -2.74. The fraction of sp³-hybridized carbons (Fsp3) is 1.00. The lowest BCUT2D eigenvalue weighted by molar-refractivity contribution is 0.185. The zero-order valence-electron chi connectivity index (χ0n) is 9.77. The van der Waals surface area contributed by atoms with E-state index in [0.717, 1.165) is 32.4 Å². The topological polar surface area (TPSA) is 63.4 Å². The maximum absolute atomic E-state index is 11.5. The highest BCUT2D eigenvalue weighted by atomic mass is 32.2. The van der Waals surface area contributed by atoms with E-state index >= 15 is 0 Å². The van der Waals surface area contributed by atoms with E-state index in [4.69, 9.17) is 5.73 Å². The van der Waals surface area contributed by atoms with Crippen LogP contribution < -0.4 is 5.73 Å². The molecule has 2 rings (SSSR count). The highest BCUT2D eigenvalue weighted by Crippen LogP contribution is 2.28. The monoisotopic (exact) mass is 246 g/mol. The van der Waals surface area contributed by atoms with Crippen LogP contribution in [0.25, 0.3) is 0 Å². The van der Waals surface area contributed by atoms with Crippen LogP contribution in [-0.4, -0.2) is 50.0 Å². The van der Waals surface area contributed by atoms with Gasteiger partial charge in [-0.3, -0.25) is 4.90 Å². The molecule has 4 nitrogen and oxygen atoms in total. The van der Waals surface area contributed by atoms with E-state index in [-0.39, 0.29) is 6.04 Å². The number of rotatable bonds is 4. The SMILES string of the molecule is NCCCC1CCCN1C1CCS(=O)(=O)C1. The molecule has 5 heteroatoms. The number of likely N-dealkylation sites (tertiary alicyclic amines) is 1. The second kappa shape index (κ2) is 5.02. The molecule has 0 spiro atoms. The maximum Gasteiger partial charge on any atom is 0.151 e. The predicted molar refractivity (Wildman–Crippen MR) is 65.1 cm³/mol. The number of hydrogen-bond donors (Lipinski definition) is 1. The number of nitrogens with two attached hydrogens (primary N) is 1. The van der Waals surface area contributed by atoms with E-state index in [1.165, 1.54) is 12.8 Å². The molecule has 2 aliphatic rings. The molecule has 2 N–H and O–H groups in total. The van der Waals surface area contributed by atoms with Gasteiger partial charge in [0.1, 0.15) is 0 Å². The van der Waals surface area contributed by atoms with E-state index in [0.29, 0.717) is 17.5 Å². The molecule has 2 atom stereocenters. The second-order valence-electron chi connectivity index (χ2n) is 5.02. The summed E-state index contributed by atoms with van der Waals surface area (Å²) >= 11 is 0. The molecule has 0 bridgehead atoms. The highest BCUT2D eigenvalue weighted by molar-refractivity contribution is 7.91. The molecule has 0 aliphatic carbocycles. The Morgan fingerprint density at radius 3 is 2.75 bits per heavy atom. The Hall–Kier alpha value is -0.130. The van der Waals surface area contributed by atoms with Crippen molar-refractivity contribution in [3.05, 3.63) is 0 Å². The minimum absolute atomic E-state index is 0.287. The Kier molecular flexibility index (Phi) is 3.87. The van der Waals surface area contributed by atoms with E-state index in [9.17, 15) is 8.42 Å². The van der Waals surface area contributed by atoms with Crippen LogP contribution in [0.4, 0.5) is 0 Å². The van der Waals surface area contributed by atoms with E-state index in [1.54, 1.807) is 0 Å². The minimum atomic E-state index is -2.74. The molecule has 0 aromatic rings. The molecule has 2 saturated heterocycles. The summed E-state index contributed by atoms with van der Waals surface area (Å²) in [6.07, 6.45) is 5.46. The quantitative estimate of drug-likeness (QED) is 0.779. The standard InChI is InChI=1S/C11H22N2O2S/c12-6-1-3-10-4-2-7-13(10)11-5-8-16(14,15)9-11/h10-11H,1-9,12H2. The summed E-state index contributed by atoms with van der Waals surface area (Å²) in [6, 6.07) is 0.872. The fourth-order valence-corrected chi connectivity index (χ4v) is 4.78. The molecule has 0 radical (unpaired) electrons. The van der Waals surface area contributed by atoms with Crippen LogP contribution in [0.1, 0.15) is 32.1 Å². The molecule has 0 aromatic carbocycles. The summed E-state index contributed by atoms with van der Waals surface area (Å²) in [5.41, 5.74) is 5.53. The van der Waals surface area contributed by atoms with Gasteiger partial charge in [0.2, 0.25) is 0 Å². The van der Waals surface area contributed by atoms with Crippen LogP contribution in [-0.2, 0) is 9.84 Å². The van der Waals surface area contributed by atoms with Crippen molar-refractivity contribution in [1.82, 2.24) is 4.90 Å². The third-order valence-electron chi connectivity index (χ3n) is 3.84. The van der Waals surface area contributed by atoms with Crippen LogP contribution >= 0.6 is 0 Å². The molecule has 2 heterocycles. The first kappa shape index (κ1) is 12.3. The lowest BCUT2D eigenvalue weighted by atomic mass is 10.1. The molecule has 2 fully saturated rings. The van der Waals surface area contributed by atoms with E-state index < -0.39 is 9.84 Å². The Morgan fingerprint density at radius 1 is 1.31 bits per heavy atom. The summed E-state index contributed by atoms with van der Waals surface area (Å²) in [5.74, 6) is 0.768. The molecular formula is C11H22N2O2S. The Labute approximate surface area is 98.1 Å². The molecule has 94 valence electrons. The van der Waals surface area contributed by atoms with E-state index in [2.05, 4.69) is 4.90 Å². The van der Waals surface area contributed by atoms with Gasteiger partial charge in [-0.2, -0.15) is 0 Å². The molecular weight excluding hydrogens is 224 g/mol. The van der Waals surface area contributed by atoms with Crippen LogP contribution in [0.3, 0.4) is 0 Å². The predicted octanol–water partition coefficient (Wildman–Crippen LogP) is 0.377. The van der Waals surface area contributed by atoms with Crippen molar-refractivity contribution < 1.29 is 8.42 Å². The van der Waals surface area contributed by atoms with Crippen molar-refractivity contribution in [2.24, 2.45) is 5.73 Å². The van der Waals surface area contributed by atoms with Gasteiger partial charge in [-0.1, -0.05) is 0 Å². The summed E-state index contributed by atoms with van der Waals surface area (Å²) < 4.78 is 22.9. The molecule has 0 aromatic heterocycles. The highest BCUT2D eigenvalue weighted by Gasteiger charge is 2.37. The first-order valence-electron chi connectivity index (χ1n) is 6.28. The van der Waals surface area contributed by atoms with Crippen LogP contribution in [0, 0.1) is 0 Å². The van der Waals surface area contributed by atoms with E-state index in [1.807, 2.05) is 0 Å². The van der Waals surface area contributed by atoms with Gasteiger partial charge in [0.05, 0.1) is 11.5 Å². The normalized spacial score (nSPS) is 34.6. The Bertz CT molecular complexity index is 329. The van der Waals surface area contributed by atoms with Gasteiger partial charge in [0, 0.05) is 12.1 Å². The van der Waals surface area contributed by atoms with Crippen molar-refractivity contribution in [2.45, 2.75) is 44.2 Å². The summed E-state index contributed by atoms with van der Waals surface area (Å²) in [4.78, 5) is 2.43. The van der Waals surface area contributed by atoms with Crippen molar-refractivity contribution in [1.29, 1.82) is 0 Å². The van der Waals surface area contributed by atoms with Gasteiger partial charge in [0.25, 0.3) is 0 Å². The molecule has 2 unspecified atom stereocenters. The summed E-state index contributed by atoms with van der Waals surface area (Å²) in [5, 5.41) is 0. The number of hydrogen-bond acceptors (Lipinski definition) is 4. The van der Waals surface area contributed by atoms with Gasteiger partial charge in [-0.05, 0) is 45.2 Å². The van der Waals surface area contributed by atoms with Crippen LogP contribution in [0.15, 0.2) is 0 Å². The first-order valence-corrected chi connectivity index (χ1v) is 8.11. The third kappa shape index (κ3) is 2.76. The zero-order valence-corrected chi connectivity index (χ0v) is 10.6. The average molecular weight is 246 g/mol. The molecule has 0 saturated carbocycles. The van der Waals surface area contributed by atoms with Crippen molar-refractivity contribution in [2.75, 3.05) is 24.6 Å². The van der Waals surface area contributed by atoms with Crippen molar-refractivity contribution >= 4 is 9.84 Å². The summed E-state index contributed by atoms with van der Waals surface area (Å²) in [6.45, 7) is 1.82.